The first-order chi connectivity index (χ1) is 14.4. The number of benzene rings is 2. The Morgan fingerprint density at radius 2 is 1.37 bits per heavy atom. The van der Waals surface area contributed by atoms with Crippen LogP contribution in [-0.4, -0.2) is 30.3 Å². The number of esters is 2. The summed E-state index contributed by atoms with van der Waals surface area (Å²) in [7, 11) is 0. The van der Waals surface area contributed by atoms with Gasteiger partial charge in [0.25, 0.3) is 0 Å². The van der Waals surface area contributed by atoms with Crippen LogP contribution in [0.15, 0.2) is 42.5 Å². The van der Waals surface area contributed by atoms with Crippen LogP contribution in [-0.2, 0) is 9.47 Å². The zero-order valence-electron chi connectivity index (χ0n) is 17.8. The summed E-state index contributed by atoms with van der Waals surface area (Å²) in [5.74, 6) is -0.548. The Morgan fingerprint density at radius 1 is 0.867 bits per heavy atom. The van der Waals surface area contributed by atoms with Gasteiger partial charge in [-0.15, -0.1) is 0 Å². The fourth-order valence-corrected chi connectivity index (χ4v) is 3.02. The van der Waals surface area contributed by atoms with Crippen LogP contribution >= 0.6 is 12.2 Å². The predicted octanol–water partition coefficient (Wildman–Crippen LogP) is 5.36. The van der Waals surface area contributed by atoms with Gasteiger partial charge < -0.3 is 20.1 Å². The van der Waals surface area contributed by atoms with Crippen LogP contribution in [0.25, 0.3) is 0 Å². The highest BCUT2D eigenvalue weighted by molar-refractivity contribution is 7.80. The lowest BCUT2D eigenvalue weighted by Crippen LogP contribution is -2.20. The summed E-state index contributed by atoms with van der Waals surface area (Å²) in [4.78, 5) is 24.3. The number of nitrogens with one attached hydrogen (secondary N) is 2. The molecule has 0 aliphatic rings. The summed E-state index contributed by atoms with van der Waals surface area (Å²) in [6, 6.07) is 12.7. The maximum atomic E-state index is 12.2. The zero-order valence-corrected chi connectivity index (χ0v) is 18.6. The number of hydrogen-bond acceptors (Lipinski definition) is 5. The van der Waals surface area contributed by atoms with Gasteiger partial charge in [0.15, 0.2) is 5.11 Å². The van der Waals surface area contributed by atoms with E-state index in [1.807, 2.05) is 12.1 Å². The molecule has 160 valence electrons. The molecule has 1 atom stereocenters. The third kappa shape index (κ3) is 6.56. The summed E-state index contributed by atoms with van der Waals surface area (Å²) in [5, 5.41) is 6.46. The Kier molecular flexibility index (Phi) is 8.80. The van der Waals surface area contributed by atoms with Crippen molar-refractivity contribution < 1.29 is 19.1 Å². The van der Waals surface area contributed by atoms with Crippen molar-refractivity contribution >= 4 is 40.6 Å². The van der Waals surface area contributed by atoms with Crippen molar-refractivity contribution in [3.8, 4) is 0 Å². The van der Waals surface area contributed by atoms with Crippen molar-refractivity contribution in [1.29, 1.82) is 0 Å². The molecule has 2 aromatic rings. The minimum absolute atomic E-state index is 0.234. The van der Waals surface area contributed by atoms with E-state index in [1.165, 1.54) is 11.6 Å². The Hall–Kier alpha value is -2.93. The molecule has 0 radical (unpaired) electrons. The van der Waals surface area contributed by atoms with Gasteiger partial charge in [-0.1, -0.05) is 26.0 Å². The standard InChI is InChI=1S/C23H28N2O4S/c1-5-15(4)16-8-10-19(11-9-16)24-23(30)25-20-13-17(21(26)28-6-2)12-18(14-20)22(27)29-7-3/h8-15H,5-7H2,1-4H3,(H2,24,25,30). The molecular formula is C23H28N2O4S. The molecule has 1 unspecified atom stereocenters. The molecule has 0 saturated heterocycles. The van der Waals surface area contributed by atoms with Gasteiger partial charge in [-0.3, -0.25) is 0 Å². The molecular weight excluding hydrogens is 400 g/mol. The largest absolute Gasteiger partial charge is 0.462 e. The van der Waals surface area contributed by atoms with Crippen molar-refractivity contribution in [2.45, 2.75) is 40.0 Å². The van der Waals surface area contributed by atoms with Crippen LogP contribution < -0.4 is 10.6 Å². The number of anilines is 2. The molecule has 0 aliphatic carbocycles. The summed E-state index contributed by atoms with van der Waals surface area (Å²) in [6.45, 7) is 8.25. The summed E-state index contributed by atoms with van der Waals surface area (Å²) < 4.78 is 10.1. The molecule has 0 spiro atoms. The number of carbonyl (C=O) groups excluding carboxylic acids is 2. The fourth-order valence-electron chi connectivity index (χ4n) is 2.79. The minimum Gasteiger partial charge on any atom is -0.462 e. The lowest BCUT2D eigenvalue weighted by molar-refractivity contribution is 0.0525. The van der Waals surface area contributed by atoms with Crippen molar-refractivity contribution in [1.82, 2.24) is 0 Å². The van der Waals surface area contributed by atoms with E-state index in [-0.39, 0.29) is 24.3 Å². The minimum atomic E-state index is -0.522. The van der Waals surface area contributed by atoms with Gasteiger partial charge in [0, 0.05) is 11.4 Å². The van der Waals surface area contributed by atoms with Crippen LogP contribution in [0, 0.1) is 0 Å². The van der Waals surface area contributed by atoms with E-state index in [0.717, 1.165) is 12.1 Å². The first-order valence-corrected chi connectivity index (χ1v) is 10.5. The summed E-state index contributed by atoms with van der Waals surface area (Å²) >= 11 is 5.39. The normalized spacial score (nSPS) is 11.3. The Bertz CT molecular complexity index is 860. The van der Waals surface area contributed by atoms with Gasteiger partial charge in [-0.05, 0) is 74.3 Å². The molecule has 0 heterocycles. The van der Waals surface area contributed by atoms with Gasteiger partial charge in [0.05, 0.1) is 24.3 Å². The fraction of sp³-hybridized carbons (Fsp3) is 0.348. The molecule has 7 heteroatoms. The molecule has 0 aromatic heterocycles. The second-order valence-corrected chi connectivity index (χ2v) is 7.16. The smallest absolute Gasteiger partial charge is 0.338 e. The van der Waals surface area contributed by atoms with Gasteiger partial charge >= 0.3 is 11.9 Å². The highest BCUT2D eigenvalue weighted by Crippen LogP contribution is 2.21. The van der Waals surface area contributed by atoms with Gasteiger partial charge in [-0.2, -0.15) is 0 Å². The first-order valence-electron chi connectivity index (χ1n) is 10.0. The second kappa shape index (κ2) is 11.3. The molecule has 0 saturated carbocycles. The SMILES string of the molecule is CCOC(=O)c1cc(NC(=S)Nc2ccc(C(C)CC)cc2)cc(C(=O)OCC)c1. The Labute approximate surface area is 183 Å². The van der Waals surface area contributed by atoms with Crippen molar-refractivity contribution in [2.24, 2.45) is 0 Å². The van der Waals surface area contributed by atoms with Crippen LogP contribution in [0.3, 0.4) is 0 Å². The molecule has 0 bridgehead atoms. The molecule has 0 amide bonds. The first kappa shape index (κ1) is 23.3. The summed E-state index contributed by atoms with van der Waals surface area (Å²) in [5.41, 5.74) is 3.07. The highest BCUT2D eigenvalue weighted by atomic mass is 32.1. The molecule has 2 aromatic carbocycles. The molecule has 30 heavy (non-hydrogen) atoms. The average molecular weight is 429 g/mol. The van der Waals surface area contributed by atoms with Crippen molar-refractivity contribution in [3.63, 3.8) is 0 Å². The average Bonchev–Trinajstić information content (AvgIpc) is 2.73. The van der Waals surface area contributed by atoms with E-state index in [0.29, 0.717) is 16.7 Å². The van der Waals surface area contributed by atoms with Gasteiger partial charge in [-0.25, -0.2) is 9.59 Å². The third-order valence-electron chi connectivity index (χ3n) is 4.56. The van der Waals surface area contributed by atoms with Gasteiger partial charge in [0.1, 0.15) is 0 Å². The van der Waals surface area contributed by atoms with Gasteiger partial charge in [0.2, 0.25) is 0 Å². The van der Waals surface area contributed by atoms with E-state index in [9.17, 15) is 9.59 Å². The predicted molar refractivity (Wildman–Crippen MR) is 123 cm³/mol. The molecule has 0 fully saturated rings. The Morgan fingerprint density at radius 3 is 1.83 bits per heavy atom. The molecule has 6 nitrogen and oxygen atoms in total. The molecule has 0 aliphatic heterocycles. The van der Waals surface area contributed by atoms with Crippen LogP contribution in [0.2, 0.25) is 0 Å². The quantitative estimate of drug-likeness (QED) is 0.433. The topological polar surface area (TPSA) is 76.7 Å². The van der Waals surface area contributed by atoms with Crippen LogP contribution in [0.1, 0.15) is 66.3 Å². The second-order valence-electron chi connectivity index (χ2n) is 6.75. The number of hydrogen-bond donors (Lipinski definition) is 2. The number of rotatable bonds is 8. The van der Waals surface area contributed by atoms with Crippen molar-refractivity contribution in [3.05, 3.63) is 59.2 Å². The van der Waals surface area contributed by atoms with Crippen LogP contribution in [0.4, 0.5) is 11.4 Å². The monoisotopic (exact) mass is 428 g/mol. The van der Waals surface area contributed by atoms with E-state index >= 15 is 0 Å². The van der Waals surface area contributed by atoms with Crippen LogP contribution in [0.5, 0.6) is 0 Å². The third-order valence-corrected chi connectivity index (χ3v) is 4.77. The summed E-state index contributed by atoms with van der Waals surface area (Å²) in [6.07, 6.45) is 1.08. The lowest BCUT2D eigenvalue weighted by atomic mass is 9.99. The van der Waals surface area contributed by atoms with E-state index < -0.39 is 11.9 Å². The number of ether oxygens (including phenoxy) is 2. The Balaban J connectivity index is 2.17. The van der Waals surface area contributed by atoms with E-state index in [2.05, 4.69) is 36.6 Å². The molecule has 2 rings (SSSR count). The lowest BCUT2D eigenvalue weighted by Gasteiger charge is -2.14. The molecule has 2 N–H and O–H groups in total. The zero-order chi connectivity index (χ0) is 22.1. The van der Waals surface area contributed by atoms with E-state index in [4.69, 9.17) is 21.7 Å². The highest BCUT2D eigenvalue weighted by Gasteiger charge is 2.15. The maximum absolute atomic E-state index is 12.2. The van der Waals surface area contributed by atoms with Crippen molar-refractivity contribution in [2.75, 3.05) is 23.8 Å². The maximum Gasteiger partial charge on any atom is 0.338 e. The van der Waals surface area contributed by atoms with E-state index in [1.54, 1.807) is 26.0 Å². The number of carbonyl (C=O) groups is 2. The number of thiocarbonyl (C=S) groups is 1.